The van der Waals surface area contributed by atoms with Gasteiger partial charge in [-0.3, -0.25) is 9.79 Å². The average molecular weight is 516 g/mol. The van der Waals surface area contributed by atoms with Crippen LogP contribution in [0.15, 0.2) is 27.8 Å². The molecule has 1 unspecified atom stereocenters. The maximum absolute atomic E-state index is 12.8. The minimum absolute atomic E-state index is 0. The first-order valence-electron chi connectivity index (χ1n) is 11.1. The van der Waals surface area contributed by atoms with Gasteiger partial charge in [-0.05, 0) is 37.8 Å². The highest BCUT2D eigenvalue weighted by Gasteiger charge is 2.31. The van der Waals surface area contributed by atoms with Crippen molar-refractivity contribution in [3.63, 3.8) is 0 Å². The molecule has 2 heterocycles. The normalized spacial score (nSPS) is 20.4. The van der Waals surface area contributed by atoms with Gasteiger partial charge in [0.25, 0.3) is 0 Å². The van der Waals surface area contributed by atoms with Gasteiger partial charge in [0.1, 0.15) is 5.76 Å². The number of guanidine groups is 1. The Bertz CT molecular complexity index is 614. The Morgan fingerprint density at radius 1 is 1.28 bits per heavy atom. The summed E-state index contributed by atoms with van der Waals surface area (Å²) in [4.78, 5) is 19.6. The number of carbonyl (C=O) groups is 1. The molecule has 2 aliphatic rings. The predicted molar refractivity (Wildman–Crippen MR) is 128 cm³/mol. The molecule has 0 spiro atoms. The summed E-state index contributed by atoms with van der Waals surface area (Å²) in [5.74, 6) is 2.47. The third-order valence-corrected chi connectivity index (χ3v) is 5.82. The molecule has 0 radical (unpaired) electrons. The Labute approximate surface area is 192 Å². The van der Waals surface area contributed by atoms with Crippen LogP contribution in [0, 0.1) is 5.92 Å². The standard InChI is InChI=1S/C22H36N4O2.HI/c1-2-3-13-23-22(24-14-11-20-10-7-16-28-20)25-19-12-15-26(17-19)21(27)18-8-5-4-6-9-18;/h7,10,16,18-19H,2-6,8-9,11-15,17H2,1H3,(H2,23,24,25);1H. The molecule has 1 saturated heterocycles. The van der Waals surface area contributed by atoms with E-state index in [1.54, 1.807) is 6.26 Å². The number of aliphatic imine (C=N–C) groups is 1. The molecule has 164 valence electrons. The minimum Gasteiger partial charge on any atom is -0.469 e. The van der Waals surface area contributed by atoms with Gasteiger partial charge in [-0.25, -0.2) is 0 Å². The molecule has 2 fully saturated rings. The molecule has 1 atom stereocenters. The summed E-state index contributed by atoms with van der Waals surface area (Å²) in [5, 5.41) is 6.98. The summed E-state index contributed by atoms with van der Waals surface area (Å²) < 4.78 is 5.40. The van der Waals surface area contributed by atoms with Gasteiger partial charge in [0.2, 0.25) is 5.91 Å². The second kappa shape index (κ2) is 13.1. The highest BCUT2D eigenvalue weighted by atomic mass is 127. The molecule has 6 nitrogen and oxygen atoms in total. The van der Waals surface area contributed by atoms with Crippen LogP contribution in [0.4, 0.5) is 0 Å². The average Bonchev–Trinajstić information content (AvgIpc) is 3.40. The lowest BCUT2D eigenvalue weighted by atomic mass is 9.88. The fourth-order valence-corrected chi connectivity index (χ4v) is 4.14. The molecule has 7 heteroatoms. The van der Waals surface area contributed by atoms with E-state index in [2.05, 4.69) is 22.5 Å². The third kappa shape index (κ3) is 7.83. The number of hydrogen-bond donors (Lipinski definition) is 2. The maximum atomic E-state index is 12.8. The van der Waals surface area contributed by atoms with E-state index in [1.165, 1.54) is 19.3 Å². The van der Waals surface area contributed by atoms with Crippen LogP contribution in [-0.2, 0) is 11.2 Å². The van der Waals surface area contributed by atoms with Crippen LogP contribution in [0.3, 0.4) is 0 Å². The van der Waals surface area contributed by atoms with Gasteiger partial charge in [-0.2, -0.15) is 0 Å². The Balaban J connectivity index is 0.00000300. The minimum atomic E-state index is 0. The highest BCUT2D eigenvalue weighted by Crippen LogP contribution is 2.26. The van der Waals surface area contributed by atoms with E-state index in [-0.39, 0.29) is 35.9 Å². The number of rotatable bonds is 8. The van der Waals surface area contributed by atoms with E-state index in [9.17, 15) is 4.79 Å². The molecule has 0 aromatic carbocycles. The molecule has 29 heavy (non-hydrogen) atoms. The molecule has 1 aliphatic heterocycles. The topological polar surface area (TPSA) is 69.9 Å². The van der Waals surface area contributed by atoms with Crippen molar-refractivity contribution in [2.45, 2.75) is 70.8 Å². The van der Waals surface area contributed by atoms with Crippen LogP contribution in [0.5, 0.6) is 0 Å². The van der Waals surface area contributed by atoms with E-state index < -0.39 is 0 Å². The van der Waals surface area contributed by atoms with E-state index in [0.717, 1.165) is 76.4 Å². The number of carbonyl (C=O) groups excluding carboxylic acids is 1. The number of nitrogens with zero attached hydrogens (tertiary/aromatic N) is 2. The molecular formula is C22H37IN4O2. The van der Waals surface area contributed by atoms with E-state index >= 15 is 0 Å². The number of unbranched alkanes of at least 4 members (excludes halogenated alkanes) is 1. The molecule has 3 rings (SSSR count). The summed E-state index contributed by atoms with van der Waals surface area (Å²) in [6, 6.07) is 4.19. The highest BCUT2D eigenvalue weighted by molar-refractivity contribution is 14.0. The second-order valence-electron chi connectivity index (χ2n) is 8.09. The van der Waals surface area contributed by atoms with Crippen molar-refractivity contribution in [1.29, 1.82) is 0 Å². The van der Waals surface area contributed by atoms with Crippen LogP contribution < -0.4 is 10.6 Å². The van der Waals surface area contributed by atoms with E-state index in [0.29, 0.717) is 5.91 Å². The molecule has 0 bridgehead atoms. The Morgan fingerprint density at radius 3 is 2.83 bits per heavy atom. The summed E-state index contributed by atoms with van der Waals surface area (Å²) in [7, 11) is 0. The van der Waals surface area contributed by atoms with Crippen molar-refractivity contribution in [1.82, 2.24) is 15.5 Å². The van der Waals surface area contributed by atoms with Gasteiger partial charge in [-0.1, -0.05) is 32.6 Å². The summed E-state index contributed by atoms with van der Waals surface area (Å²) >= 11 is 0. The summed E-state index contributed by atoms with van der Waals surface area (Å²) in [5.41, 5.74) is 0. The number of amides is 1. The first kappa shape index (κ1) is 24.0. The Hall–Kier alpha value is -1.25. The lowest BCUT2D eigenvalue weighted by Gasteiger charge is -2.26. The quantitative estimate of drug-likeness (QED) is 0.238. The van der Waals surface area contributed by atoms with Gasteiger partial charge in [0.05, 0.1) is 6.26 Å². The lowest BCUT2D eigenvalue weighted by molar-refractivity contribution is -0.135. The van der Waals surface area contributed by atoms with Crippen molar-refractivity contribution < 1.29 is 9.21 Å². The van der Waals surface area contributed by atoms with Crippen LogP contribution in [0.25, 0.3) is 0 Å². The Kier molecular flexibility index (Phi) is 10.9. The molecule has 1 aliphatic carbocycles. The van der Waals surface area contributed by atoms with Gasteiger partial charge >= 0.3 is 0 Å². The zero-order valence-corrected chi connectivity index (χ0v) is 20.0. The van der Waals surface area contributed by atoms with Crippen LogP contribution >= 0.6 is 24.0 Å². The summed E-state index contributed by atoms with van der Waals surface area (Å²) in [6.45, 7) is 5.44. The van der Waals surface area contributed by atoms with Crippen molar-refractivity contribution in [2.75, 3.05) is 26.2 Å². The zero-order chi connectivity index (χ0) is 19.6. The Morgan fingerprint density at radius 2 is 2.10 bits per heavy atom. The number of halogens is 1. The second-order valence-corrected chi connectivity index (χ2v) is 8.09. The van der Waals surface area contributed by atoms with Gasteiger partial charge in [-0.15, -0.1) is 24.0 Å². The fraction of sp³-hybridized carbons (Fsp3) is 0.727. The van der Waals surface area contributed by atoms with Crippen molar-refractivity contribution in [2.24, 2.45) is 10.9 Å². The van der Waals surface area contributed by atoms with E-state index in [4.69, 9.17) is 9.41 Å². The summed E-state index contributed by atoms with van der Waals surface area (Å²) in [6.07, 6.45) is 11.6. The molecular weight excluding hydrogens is 479 g/mol. The molecule has 2 N–H and O–H groups in total. The number of likely N-dealkylation sites (tertiary alicyclic amines) is 1. The van der Waals surface area contributed by atoms with Gasteiger partial charge in [0, 0.05) is 44.6 Å². The van der Waals surface area contributed by atoms with E-state index in [1.807, 2.05) is 12.1 Å². The molecule has 1 amide bonds. The lowest BCUT2D eigenvalue weighted by Crippen LogP contribution is -2.46. The first-order valence-corrected chi connectivity index (χ1v) is 11.1. The largest absolute Gasteiger partial charge is 0.469 e. The molecule has 1 aromatic heterocycles. The van der Waals surface area contributed by atoms with Crippen molar-refractivity contribution >= 4 is 35.8 Å². The SMILES string of the molecule is CCCCN=C(NCCc1ccco1)NC1CCN(C(=O)C2CCCCC2)C1.I. The number of nitrogens with one attached hydrogen (secondary N) is 2. The van der Waals surface area contributed by atoms with Crippen LogP contribution in [0.1, 0.15) is 64.1 Å². The maximum Gasteiger partial charge on any atom is 0.225 e. The van der Waals surface area contributed by atoms with Crippen LogP contribution in [0.2, 0.25) is 0 Å². The smallest absolute Gasteiger partial charge is 0.225 e. The third-order valence-electron chi connectivity index (χ3n) is 5.82. The van der Waals surface area contributed by atoms with Gasteiger partial charge in [0.15, 0.2) is 5.96 Å². The molecule has 1 aromatic rings. The fourth-order valence-electron chi connectivity index (χ4n) is 4.14. The van der Waals surface area contributed by atoms with Crippen molar-refractivity contribution in [3.05, 3.63) is 24.2 Å². The first-order chi connectivity index (χ1) is 13.8. The van der Waals surface area contributed by atoms with Crippen LogP contribution in [-0.4, -0.2) is 49.0 Å². The molecule has 1 saturated carbocycles. The zero-order valence-electron chi connectivity index (χ0n) is 17.7. The predicted octanol–water partition coefficient (Wildman–Crippen LogP) is 3.96. The van der Waals surface area contributed by atoms with Crippen molar-refractivity contribution in [3.8, 4) is 0 Å². The van der Waals surface area contributed by atoms with Gasteiger partial charge < -0.3 is 20.0 Å². The number of hydrogen-bond acceptors (Lipinski definition) is 3. The monoisotopic (exact) mass is 516 g/mol. The number of furan rings is 1.